The zero-order valence-electron chi connectivity index (χ0n) is 19.2. The Bertz CT molecular complexity index is 1150. The third kappa shape index (κ3) is 5.43. The number of benzene rings is 2. The second-order valence-corrected chi connectivity index (χ2v) is 9.98. The minimum absolute atomic E-state index is 0.00492. The molecule has 0 bridgehead atoms. The number of pyridine rings is 1. The Labute approximate surface area is 215 Å². The molecule has 8 heteroatoms. The number of carbonyl (C=O) groups is 1. The maximum atomic E-state index is 13.4. The van der Waals surface area contributed by atoms with Gasteiger partial charge in [-0.3, -0.25) is 4.79 Å². The molecule has 5 nitrogen and oxygen atoms in total. The topological polar surface area (TPSA) is 45.7 Å². The van der Waals surface area contributed by atoms with Crippen LogP contribution in [0.1, 0.15) is 28.8 Å². The molecule has 3 aromatic rings. The molecule has 3 atom stereocenters. The summed E-state index contributed by atoms with van der Waals surface area (Å²) in [7, 11) is 3.95. The highest BCUT2D eigenvalue weighted by atomic mass is 35.5. The highest BCUT2D eigenvalue weighted by Gasteiger charge is 2.40. The molecule has 1 aliphatic heterocycles. The predicted molar refractivity (Wildman–Crippen MR) is 139 cm³/mol. The summed E-state index contributed by atoms with van der Waals surface area (Å²) in [5.41, 5.74) is 2.73. The molecule has 1 saturated heterocycles. The first-order valence-corrected chi connectivity index (χ1v) is 12.2. The molecule has 2 heterocycles. The van der Waals surface area contributed by atoms with E-state index >= 15 is 0 Å². The number of hydrogen-bond donors (Lipinski definition) is 0. The van der Waals surface area contributed by atoms with Crippen molar-refractivity contribution in [3.05, 3.63) is 87.0 Å². The quantitative estimate of drug-likeness (QED) is 0.377. The van der Waals surface area contributed by atoms with Crippen molar-refractivity contribution < 1.29 is 9.53 Å². The smallest absolute Gasteiger partial charge is 0.253 e. The maximum Gasteiger partial charge on any atom is 0.253 e. The van der Waals surface area contributed by atoms with Crippen LogP contribution in [0.2, 0.25) is 15.1 Å². The molecule has 1 fully saturated rings. The number of amides is 1. The van der Waals surface area contributed by atoms with Crippen molar-refractivity contribution in [2.75, 3.05) is 32.1 Å². The van der Waals surface area contributed by atoms with Gasteiger partial charge in [-0.15, -0.1) is 0 Å². The van der Waals surface area contributed by atoms with E-state index < -0.39 is 0 Å². The van der Waals surface area contributed by atoms with Crippen LogP contribution < -0.4 is 9.64 Å². The van der Waals surface area contributed by atoms with E-state index in [1.54, 1.807) is 24.4 Å². The second kappa shape index (κ2) is 10.4. The molecular weight excluding hydrogens is 493 g/mol. The summed E-state index contributed by atoms with van der Waals surface area (Å²) in [6.07, 6.45) is 1.35. The summed E-state index contributed by atoms with van der Waals surface area (Å²) in [5.74, 6) is 0.547. The molecular formula is C26H26Cl3N3O2. The van der Waals surface area contributed by atoms with E-state index in [-0.39, 0.29) is 23.8 Å². The van der Waals surface area contributed by atoms with Crippen LogP contribution in [0.4, 0.5) is 5.69 Å². The van der Waals surface area contributed by atoms with Crippen LogP contribution in [0.15, 0.2) is 60.8 Å². The summed E-state index contributed by atoms with van der Waals surface area (Å²) in [6.45, 7) is 3.11. The molecule has 34 heavy (non-hydrogen) atoms. The maximum absolute atomic E-state index is 13.4. The van der Waals surface area contributed by atoms with Crippen LogP contribution in [-0.4, -0.2) is 49.1 Å². The average molecular weight is 519 g/mol. The van der Waals surface area contributed by atoms with Crippen molar-refractivity contribution in [2.24, 2.45) is 5.92 Å². The third-order valence-corrected chi connectivity index (χ3v) is 7.23. The Morgan fingerprint density at radius 3 is 2.38 bits per heavy atom. The van der Waals surface area contributed by atoms with Crippen LogP contribution in [-0.2, 0) is 0 Å². The molecule has 0 N–H and O–H groups in total. The third-order valence-electron chi connectivity index (χ3n) is 6.26. The van der Waals surface area contributed by atoms with E-state index in [1.807, 2.05) is 67.2 Å². The largest absolute Gasteiger partial charge is 0.474 e. The average Bonchev–Trinajstić information content (AvgIpc) is 3.27. The highest BCUT2D eigenvalue weighted by Crippen LogP contribution is 2.39. The Kier molecular flexibility index (Phi) is 7.56. The number of halogens is 3. The Hall–Kier alpha value is -2.47. The summed E-state index contributed by atoms with van der Waals surface area (Å²) in [6, 6.07) is 16.8. The molecule has 0 radical (unpaired) electrons. The number of rotatable bonds is 6. The Balaban J connectivity index is 1.59. The van der Waals surface area contributed by atoms with Gasteiger partial charge in [0.2, 0.25) is 5.88 Å². The van der Waals surface area contributed by atoms with Gasteiger partial charge in [-0.25, -0.2) is 4.98 Å². The van der Waals surface area contributed by atoms with Crippen LogP contribution >= 0.6 is 34.8 Å². The normalized spacial score (nSPS) is 18.6. The fourth-order valence-electron chi connectivity index (χ4n) is 4.36. The van der Waals surface area contributed by atoms with Crippen LogP contribution in [0.5, 0.6) is 5.88 Å². The summed E-state index contributed by atoms with van der Waals surface area (Å²) in [4.78, 5) is 21.5. The fraction of sp³-hybridized carbons (Fsp3) is 0.308. The zero-order chi connectivity index (χ0) is 24.4. The summed E-state index contributed by atoms with van der Waals surface area (Å²) < 4.78 is 6.16. The molecule has 1 amide bonds. The van der Waals surface area contributed by atoms with E-state index in [4.69, 9.17) is 39.5 Å². The van der Waals surface area contributed by atoms with Gasteiger partial charge in [0, 0.05) is 62.5 Å². The van der Waals surface area contributed by atoms with Gasteiger partial charge in [0.25, 0.3) is 5.91 Å². The van der Waals surface area contributed by atoms with Crippen molar-refractivity contribution in [1.29, 1.82) is 0 Å². The van der Waals surface area contributed by atoms with Crippen molar-refractivity contribution in [2.45, 2.75) is 18.9 Å². The van der Waals surface area contributed by atoms with Gasteiger partial charge in [-0.2, -0.15) is 0 Å². The Morgan fingerprint density at radius 1 is 1.03 bits per heavy atom. The van der Waals surface area contributed by atoms with E-state index in [2.05, 4.69) is 4.98 Å². The molecule has 0 unspecified atom stereocenters. The van der Waals surface area contributed by atoms with E-state index in [0.717, 1.165) is 11.3 Å². The number of carbonyl (C=O) groups excluding carboxylic acids is 1. The minimum atomic E-state index is -0.206. The standard InChI is InChI=1S/C26H26Cl3N3O2/c1-16(34-25-11-7-19(27)13-30-25)21-14-32(15-22(21)18-6-10-23(28)24(29)12-18)26(33)17-4-8-20(9-5-17)31(2)3/h4-13,16,21-22H,14-15H2,1-3H3/t16-,21-,22+/m0/s1. The molecule has 0 spiro atoms. The minimum Gasteiger partial charge on any atom is -0.474 e. The number of likely N-dealkylation sites (tertiary alicyclic amines) is 1. The molecule has 4 rings (SSSR count). The molecule has 0 saturated carbocycles. The van der Waals surface area contributed by atoms with Crippen LogP contribution in [0.3, 0.4) is 0 Å². The lowest BCUT2D eigenvalue weighted by atomic mass is 9.86. The highest BCUT2D eigenvalue weighted by molar-refractivity contribution is 6.42. The van der Waals surface area contributed by atoms with Crippen LogP contribution in [0, 0.1) is 5.92 Å². The first-order valence-electron chi connectivity index (χ1n) is 11.0. The molecule has 0 aliphatic carbocycles. The van der Waals surface area contributed by atoms with E-state index in [1.165, 1.54) is 0 Å². The van der Waals surface area contributed by atoms with Gasteiger partial charge in [-0.05, 0) is 55.0 Å². The van der Waals surface area contributed by atoms with Crippen molar-refractivity contribution in [3.8, 4) is 5.88 Å². The molecule has 1 aliphatic rings. The van der Waals surface area contributed by atoms with Crippen molar-refractivity contribution in [3.63, 3.8) is 0 Å². The monoisotopic (exact) mass is 517 g/mol. The van der Waals surface area contributed by atoms with Gasteiger partial charge >= 0.3 is 0 Å². The summed E-state index contributed by atoms with van der Waals surface area (Å²) in [5, 5.41) is 1.55. The first-order chi connectivity index (χ1) is 16.2. The number of nitrogens with zero attached hydrogens (tertiary/aromatic N) is 3. The zero-order valence-corrected chi connectivity index (χ0v) is 21.5. The number of anilines is 1. The lowest BCUT2D eigenvalue weighted by Crippen LogP contribution is -2.32. The van der Waals surface area contributed by atoms with Crippen molar-refractivity contribution in [1.82, 2.24) is 9.88 Å². The lowest BCUT2D eigenvalue weighted by molar-refractivity contribution is 0.0769. The molecule has 2 aromatic carbocycles. The molecule has 1 aromatic heterocycles. The van der Waals surface area contributed by atoms with Gasteiger partial charge in [0.1, 0.15) is 6.10 Å². The van der Waals surface area contributed by atoms with E-state index in [0.29, 0.717) is 39.6 Å². The van der Waals surface area contributed by atoms with E-state index in [9.17, 15) is 4.79 Å². The van der Waals surface area contributed by atoms with Gasteiger partial charge in [0.05, 0.1) is 15.1 Å². The van der Waals surface area contributed by atoms with Crippen molar-refractivity contribution >= 4 is 46.4 Å². The Morgan fingerprint density at radius 2 is 1.76 bits per heavy atom. The SMILES string of the molecule is C[C@H](Oc1ccc(Cl)cn1)[C@@H]1CN(C(=O)c2ccc(N(C)C)cc2)C[C@@H]1c1ccc(Cl)c(Cl)c1. The number of hydrogen-bond acceptors (Lipinski definition) is 4. The predicted octanol–water partition coefficient (Wildman–Crippen LogP) is 6.43. The lowest BCUT2D eigenvalue weighted by Gasteiger charge is -2.25. The van der Waals surface area contributed by atoms with Gasteiger partial charge in [-0.1, -0.05) is 40.9 Å². The van der Waals surface area contributed by atoms with Gasteiger partial charge in [0.15, 0.2) is 0 Å². The first kappa shape index (κ1) is 24.6. The molecule has 178 valence electrons. The number of aromatic nitrogens is 1. The fourth-order valence-corrected chi connectivity index (χ4v) is 4.78. The summed E-state index contributed by atoms with van der Waals surface area (Å²) >= 11 is 18.4. The van der Waals surface area contributed by atoms with Gasteiger partial charge < -0.3 is 14.5 Å². The van der Waals surface area contributed by atoms with Crippen LogP contribution in [0.25, 0.3) is 0 Å². The second-order valence-electron chi connectivity index (χ2n) is 8.73. The number of ether oxygens (including phenoxy) is 1.